The summed E-state index contributed by atoms with van der Waals surface area (Å²) < 4.78 is 27.7. The predicted molar refractivity (Wildman–Crippen MR) is 75.1 cm³/mol. The van der Waals surface area contributed by atoms with Crippen molar-refractivity contribution in [1.82, 2.24) is 14.1 Å². The van der Waals surface area contributed by atoms with Crippen molar-refractivity contribution in [3.05, 3.63) is 12.4 Å². The van der Waals surface area contributed by atoms with Crippen molar-refractivity contribution in [3.63, 3.8) is 0 Å². The van der Waals surface area contributed by atoms with Gasteiger partial charge >= 0.3 is 5.97 Å². The smallest absolute Gasteiger partial charge is 0.325 e. The van der Waals surface area contributed by atoms with E-state index in [1.165, 1.54) is 16.7 Å². The number of carbonyl (C=O) groups is 1. The molecule has 7 nitrogen and oxygen atoms in total. The average molecular weight is 319 g/mol. The fourth-order valence-electron chi connectivity index (χ4n) is 2.08. The Bertz CT molecular complexity index is 599. The topological polar surface area (TPSA) is 92.5 Å². The Labute approximate surface area is 122 Å². The van der Waals surface area contributed by atoms with Crippen LogP contribution >= 0.6 is 11.8 Å². The van der Waals surface area contributed by atoms with Crippen LogP contribution in [0.5, 0.6) is 0 Å². The molecule has 2 rings (SSSR count). The van der Waals surface area contributed by atoms with Gasteiger partial charge in [-0.05, 0) is 6.92 Å². The first-order valence-corrected chi connectivity index (χ1v) is 8.69. The largest absolute Gasteiger partial charge is 0.480 e. The molecule has 20 heavy (non-hydrogen) atoms. The highest BCUT2D eigenvalue weighted by Gasteiger charge is 2.35. The van der Waals surface area contributed by atoms with Crippen LogP contribution in [0.3, 0.4) is 0 Å². The monoisotopic (exact) mass is 319 g/mol. The number of carboxylic acids is 1. The second kappa shape index (κ2) is 5.74. The molecule has 0 aliphatic carbocycles. The molecule has 112 valence electrons. The Morgan fingerprint density at radius 1 is 1.55 bits per heavy atom. The predicted octanol–water partition coefficient (Wildman–Crippen LogP) is 0.482. The van der Waals surface area contributed by atoms with Crippen LogP contribution in [-0.2, 0) is 21.4 Å². The van der Waals surface area contributed by atoms with Crippen LogP contribution in [0.25, 0.3) is 0 Å². The molecule has 1 saturated heterocycles. The Hall–Kier alpha value is -1.06. The molecule has 0 aromatic carbocycles. The van der Waals surface area contributed by atoms with E-state index in [-0.39, 0.29) is 22.7 Å². The van der Waals surface area contributed by atoms with Crippen molar-refractivity contribution in [2.45, 2.75) is 36.6 Å². The van der Waals surface area contributed by atoms with Gasteiger partial charge in [-0.25, -0.2) is 8.42 Å². The maximum Gasteiger partial charge on any atom is 0.325 e. The molecular formula is C11H17N3O4S2. The van der Waals surface area contributed by atoms with E-state index in [4.69, 9.17) is 5.11 Å². The summed E-state index contributed by atoms with van der Waals surface area (Å²) in [5.41, 5.74) is 0. The van der Waals surface area contributed by atoms with Crippen LogP contribution in [0.1, 0.15) is 13.8 Å². The van der Waals surface area contributed by atoms with Crippen molar-refractivity contribution < 1.29 is 18.3 Å². The molecule has 0 amide bonds. The van der Waals surface area contributed by atoms with E-state index in [1.807, 2.05) is 13.8 Å². The molecule has 0 bridgehead atoms. The molecule has 2 unspecified atom stereocenters. The Kier molecular flexibility index (Phi) is 4.40. The average Bonchev–Trinajstić information content (AvgIpc) is 2.80. The normalized spacial score (nSPS) is 24.7. The highest BCUT2D eigenvalue weighted by atomic mass is 32.2. The van der Waals surface area contributed by atoms with Gasteiger partial charge in [0.15, 0.2) is 0 Å². The Morgan fingerprint density at radius 3 is 2.90 bits per heavy atom. The molecule has 1 aliphatic rings. The number of carboxylic acid groups (broad SMARTS) is 1. The van der Waals surface area contributed by atoms with E-state index >= 15 is 0 Å². The van der Waals surface area contributed by atoms with Gasteiger partial charge in [0.05, 0.1) is 6.20 Å². The molecule has 1 aromatic rings. The minimum absolute atomic E-state index is 0.0460. The second-order valence-electron chi connectivity index (χ2n) is 4.70. The lowest BCUT2D eigenvalue weighted by atomic mass is 10.2. The first-order chi connectivity index (χ1) is 9.32. The van der Waals surface area contributed by atoms with Gasteiger partial charge in [0, 0.05) is 29.8 Å². The minimum atomic E-state index is -3.62. The van der Waals surface area contributed by atoms with E-state index < -0.39 is 16.0 Å². The summed E-state index contributed by atoms with van der Waals surface area (Å²) in [4.78, 5) is 10.6. The van der Waals surface area contributed by atoms with Crippen LogP contribution in [0, 0.1) is 0 Å². The first kappa shape index (κ1) is 15.3. The number of sulfonamides is 1. The third kappa shape index (κ3) is 2.99. The SMILES string of the molecule is CC1SCCN(S(=O)(=O)c2cnn(CC(=O)O)c2)C1C. The number of thioether (sulfide) groups is 1. The fourth-order valence-corrected chi connectivity index (χ4v) is 5.03. The van der Waals surface area contributed by atoms with Gasteiger partial charge in [0.1, 0.15) is 11.4 Å². The van der Waals surface area contributed by atoms with Gasteiger partial charge in [-0.1, -0.05) is 6.92 Å². The van der Waals surface area contributed by atoms with Crippen LogP contribution in [0.2, 0.25) is 0 Å². The maximum absolute atomic E-state index is 12.6. The highest BCUT2D eigenvalue weighted by Crippen LogP contribution is 2.29. The molecule has 1 N–H and O–H groups in total. The fraction of sp³-hybridized carbons (Fsp3) is 0.636. The van der Waals surface area contributed by atoms with E-state index in [1.54, 1.807) is 11.8 Å². The van der Waals surface area contributed by atoms with Crippen molar-refractivity contribution in [2.75, 3.05) is 12.3 Å². The van der Waals surface area contributed by atoms with E-state index in [9.17, 15) is 13.2 Å². The molecule has 2 atom stereocenters. The van der Waals surface area contributed by atoms with Gasteiger partial charge in [-0.15, -0.1) is 0 Å². The standard InChI is InChI=1S/C11H17N3O4S2/c1-8-9(2)19-4-3-14(8)20(17,18)10-5-12-13(6-10)7-11(15)16/h5-6,8-9H,3-4,7H2,1-2H3,(H,15,16). The van der Waals surface area contributed by atoms with Crippen LogP contribution in [0.4, 0.5) is 0 Å². The molecule has 1 aromatic heterocycles. The highest BCUT2D eigenvalue weighted by molar-refractivity contribution is 8.00. The third-order valence-corrected chi connectivity index (χ3v) is 6.62. The lowest BCUT2D eigenvalue weighted by Gasteiger charge is -2.36. The van der Waals surface area contributed by atoms with Crippen molar-refractivity contribution in [2.24, 2.45) is 0 Å². The zero-order valence-electron chi connectivity index (χ0n) is 11.3. The molecule has 0 radical (unpaired) electrons. The Morgan fingerprint density at radius 2 is 2.25 bits per heavy atom. The number of aliphatic carboxylic acids is 1. The van der Waals surface area contributed by atoms with E-state index in [2.05, 4.69) is 5.10 Å². The molecule has 9 heteroatoms. The molecule has 2 heterocycles. The number of hydrogen-bond acceptors (Lipinski definition) is 5. The summed E-state index contributed by atoms with van der Waals surface area (Å²) in [5, 5.41) is 12.7. The maximum atomic E-state index is 12.6. The summed E-state index contributed by atoms with van der Waals surface area (Å²) in [6, 6.07) is -0.0958. The van der Waals surface area contributed by atoms with Crippen LogP contribution in [0.15, 0.2) is 17.3 Å². The number of nitrogens with zero attached hydrogens (tertiary/aromatic N) is 3. The van der Waals surface area contributed by atoms with E-state index in [0.717, 1.165) is 10.4 Å². The molecule has 1 fully saturated rings. The van der Waals surface area contributed by atoms with Crippen LogP contribution < -0.4 is 0 Å². The van der Waals surface area contributed by atoms with Crippen molar-refractivity contribution >= 4 is 27.8 Å². The summed E-state index contributed by atoms with van der Waals surface area (Å²) in [5.74, 6) is -0.304. The van der Waals surface area contributed by atoms with Crippen molar-refractivity contribution in [3.8, 4) is 0 Å². The molecule has 1 aliphatic heterocycles. The van der Waals surface area contributed by atoms with Crippen molar-refractivity contribution in [1.29, 1.82) is 0 Å². The first-order valence-electron chi connectivity index (χ1n) is 6.20. The summed E-state index contributed by atoms with van der Waals surface area (Å²) in [6.45, 7) is 4.00. The number of hydrogen-bond donors (Lipinski definition) is 1. The summed E-state index contributed by atoms with van der Waals surface area (Å²) in [7, 11) is -3.62. The number of rotatable bonds is 4. The zero-order chi connectivity index (χ0) is 14.9. The Balaban J connectivity index is 2.25. The van der Waals surface area contributed by atoms with E-state index in [0.29, 0.717) is 6.54 Å². The quantitative estimate of drug-likeness (QED) is 0.868. The summed E-state index contributed by atoms with van der Waals surface area (Å²) in [6.07, 6.45) is 2.47. The van der Waals surface area contributed by atoms with Gasteiger partial charge in [0.2, 0.25) is 10.0 Å². The van der Waals surface area contributed by atoms with Gasteiger partial charge in [0.25, 0.3) is 0 Å². The number of aromatic nitrogens is 2. The van der Waals surface area contributed by atoms with Crippen LogP contribution in [-0.4, -0.2) is 57.2 Å². The van der Waals surface area contributed by atoms with Gasteiger partial charge in [-0.2, -0.15) is 21.2 Å². The second-order valence-corrected chi connectivity index (χ2v) is 8.08. The molecular weight excluding hydrogens is 302 g/mol. The minimum Gasteiger partial charge on any atom is -0.480 e. The lowest BCUT2D eigenvalue weighted by Crippen LogP contribution is -2.47. The van der Waals surface area contributed by atoms with Gasteiger partial charge < -0.3 is 5.11 Å². The zero-order valence-corrected chi connectivity index (χ0v) is 12.9. The van der Waals surface area contributed by atoms with Gasteiger partial charge in [-0.3, -0.25) is 9.48 Å². The molecule has 0 spiro atoms. The summed E-state index contributed by atoms with van der Waals surface area (Å²) >= 11 is 1.75. The lowest BCUT2D eigenvalue weighted by molar-refractivity contribution is -0.137. The molecule has 0 saturated carbocycles. The third-order valence-electron chi connectivity index (χ3n) is 3.34.